The van der Waals surface area contributed by atoms with Crippen LogP contribution in [0.2, 0.25) is 0 Å². The van der Waals surface area contributed by atoms with Crippen LogP contribution in [0, 0.1) is 5.92 Å². The quantitative estimate of drug-likeness (QED) is 0.602. The van der Waals surface area contributed by atoms with Gasteiger partial charge in [0.25, 0.3) is 0 Å². The maximum atomic E-state index is 12.8. The minimum absolute atomic E-state index is 0.0687. The molecule has 0 radical (unpaired) electrons. The number of morpholine rings is 1. The van der Waals surface area contributed by atoms with E-state index in [0.29, 0.717) is 25.6 Å². The molecule has 1 aliphatic rings. The van der Waals surface area contributed by atoms with Crippen molar-refractivity contribution in [3.63, 3.8) is 0 Å². The molecule has 1 saturated heterocycles. The molecule has 1 aliphatic heterocycles. The van der Waals surface area contributed by atoms with Crippen LogP contribution in [-0.2, 0) is 27.4 Å². The predicted octanol–water partition coefficient (Wildman–Crippen LogP) is 2.50. The molecule has 1 unspecified atom stereocenters. The average molecular weight is 404 g/mol. The lowest BCUT2D eigenvalue weighted by Gasteiger charge is -2.33. The summed E-state index contributed by atoms with van der Waals surface area (Å²) in [7, 11) is 0. The zero-order valence-electron chi connectivity index (χ0n) is 17.8. The summed E-state index contributed by atoms with van der Waals surface area (Å²) in [5.41, 5.74) is 1.70. The molecule has 29 heavy (non-hydrogen) atoms. The molecular weight excluding hydrogens is 370 g/mol. The summed E-state index contributed by atoms with van der Waals surface area (Å²) in [5.74, 6) is 0.304. The van der Waals surface area contributed by atoms with Gasteiger partial charge in [-0.1, -0.05) is 32.9 Å². The lowest BCUT2D eigenvalue weighted by Crippen LogP contribution is -2.45. The molecule has 0 bridgehead atoms. The molecule has 2 aromatic rings. The SMILES string of the molecule is CCCn1c(=O)n(CCC(=O)OCC2CN(CC(C)C)CCO2)c2ccccc21. The smallest absolute Gasteiger partial charge is 0.329 e. The average Bonchev–Trinajstić information content (AvgIpc) is 2.96. The standard InChI is InChI=1S/C22H33N3O4/c1-4-10-24-19-7-5-6-8-20(19)25(22(24)27)11-9-21(26)29-16-18-15-23(12-13-28-18)14-17(2)3/h5-8,17-18H,4,9-16H2,1-3H3. The van der Waals surface area contributed by atoms with Gasteiger partial charge in [-0.3, -0.25) is 18.8 Å². The molecule has 1 atom stereocenters. The minimum atomic E-state index is -0.297. The molecule has 2 heterocycles. The first-order valence-electron chi connectivity index (χ1n) is 10.7. The van der Waals surface area contributed by atoms with Crippen LogP contribution in [0.25, 0.3) is 11.0 Å². The van der Waals surface area contributed by atoms with E-state index in [0.717, 1.165) is 37.1 Å². The van der Waals surface area contributed by atoms with Crippen molar-refractivity contribution >= 4 is 17.0 Å². The Morgan fingerprint density at radius 1 is 1.21 bits per heavy atom. The highest BCUT2D eigenvalue weighted by molar-refractivity contribution is 5.76. The third-order valence-corrected chi connectivity index (χ3v) is 5.19. The first-order chi connectivity index (χ1) is 14.0. The second-order valence-corrected chi connectivity index (χ2v) is 8.15. The van der Waals surface area contributed by atoms with E-state index in [4.69, 9.17) is 9.47 Å². The second-order valence-electron chi connectivity index (χ2n) is 8.15. The lowest BCUT2D eigenvalue weighted by molar-refractivity contribution is -0.150. The number of fused-ring (bicyclic) bond motifs is 1. The highest BCUT2D eigenvalue weighted by Gasteiger charge is 2.22. The third kappa shape index (κ3) is 5.48. The van der Waals surface area contributed by atoms with E-state index in [1.165, 1.54) is 0 Å². The number of hydrogen-bond acceptors (Lipinski definition) is 5. The molecule has 1 aromatic heterocycles. The summed E-state index contributed by atoms with van der Waals surface area (Å²) in [6, 6.07) is 7.72. The predicted molar refractivity (Wildman–Crippen MR) is 113 cm³/mol. The Bertz CT molecular complexity index is 871. The molecule has 0 aliphatic carbocycles. The van der Waals surface area contributed by atoms with Gasteiger partial charge >= 0.3 is 11.7 Å². The number of aryl methyl sites for hydroxylation is 2. The molecule has 0 N–H and O–H groups in total. The second kappa shape index (κ2) is 10.1. The van der Waals surface area contributed by atoms with Crippen LogP contribution in [0.1, 0.15) is 33.6 Å². The summed E-state index contributed by atoms with van der Waals surface area (Å²) in [6.07, 6.45) is 0.967. The normalized spacial score (nSPS) is 17.9. The number of nitrogens with zero attached hydrogens (tertiary/aromatic N) is 3. The van der Waals surface area contributed by atoms with Gasteiger partial charge in [0.05, 0.1) is 24.1 Å². The van der Waals surface area contributed by atoms with E-state index in [1.807, 2.05) is 31.2 Å². The summed E-state index contributed by atoms with van der Waals surface area (Å²) < 4.78 is 14.6. The Balaban J connectivity index is 1.55. The highest BCUT2D eigenvalue weighted by Crippen LogP contribution is 2.14. The Labute approximate surface area is 172 Å². The molecule has 0 saturated carbocycles. The van der Waals surface area contributed by atoms with Crippen molar-refractivity contribution in [1.29, 1.82) is 0 Å². The molecule has 1 aromatic carbocycles. The van der Waals surface area contributed by atoms with Crippen molar-refractivity contribution in [2.75, 3.05) is 32.8 Å². The topological polar surface area (TPSA) is 65.7 Å². The van der Waals surface area contributed by atoms with Crippen molar-refractivity contribution in [3.05, 3.63) is 34.7 Å². The molecule has 1 fully saturated rings. The molecule has 3 rings (SSSR count). The van der Waals surface area contributed by atoms with Crippen molar-refractivity contribution in [2.45, 2.75) is 52.8 Å². The zero-order chi connectivity index (χ0) is 20.8. The Kier molecular flexibility index (Phi) is 7.50. The van der Waals surface area contributed by atoms with Crippen LogP contribution in [-0.4, -0.2) is 59.0 Å². The van der Waals surface area contributed by atoms with Crippen molar-refractivity contribution in [3.8, 4) is 0 Å². The fraction of sp³-hybridized carbons (Fsp3) is 0.636. The molecule has 7 nitrogen and oxygen atoms in total. The van der Waals surface area contributed by atoms with Crippen molar-refractivity contribution < 1.29 is 14.3 Å². The van der Waals surface area contributed by atoms with E-state index >= 15 is 0 Å². The fourth-order valence-corrected chi connectivity index (χ4v) is 3.95. The summed E-state index contributed by atoms with van der Waals surface area (Å²) in [6.45, 7) is 11.1. The number of imidazole rings is 1. The number of aromatic nitrogens is 2. The van der Waals surface area contributed by atoms with E-state index in [2.05, 4.69) is 18.7 Å². The first-order valence-corrected chi connectivity index (χ1v) is 10.7. The van der Waals surface area contributed by atoms with Gasteiger partial charge < -0.3 is 9.47 Å². The van der Waals surface area contributed by atoms with E-state index in [-0.39, 0.29) is 30.8 Å². The number of carbonyl (C=O) groups is 1. The van der Waals surface area contributed by atoms with Crippen molar-refractivity contribution in [2.24, 2.45) is 5.92 Å². The van der Waals surface area contributed by atoms with Crippen LogP contribution < -0.4 is 5.69 Å². The van der Waals surface area contributed by atoms with Crippen molar-refractivity contribution in [1.82, 2.24) is 14.0 Å². The molecule has 0 amide bonds. The van der Waals surface area contributed by atoms with E-state index in [1.54, 1.807) is 9.13 Å². The van der Waals surface area contributed by atoms with Gasteiger partial charge in [-0.2, -0.15) is 0 Å². The number of benzene rings is 1. The molecule has 160 valence electrons. The Morgan fingerprint density at radius 3 is 2.55 bits per heavy atom. The van der Waals surface area contributed by atoms with Crippen LogP contribution in [0.3, 0.4) is 0 Å². The van der Waals surface area contributed by atoms with Crippen LogP contribution in [0.15, 0.2) is 29.1 Å². The maximum absolute atomic E-state index is 12.8. The number of rotatable bonds is 9. The minimum Gasteiger partial charge on any atom is -0.463 e. The number of esters is 1. The van der Waals surface area contributed by atoms with Gasteiger partial charge in [0.1, 0.15) is 12.7 Å². The van der Waals surface area contributed by atoms with E-state index in [9.17, 15) is 9.59 Å². The molecule has 0 spiro atoms. The molecule has 7 heteroatoms. The van der Waals surface area contributed by atoms with E-state index < -0.39 is 0 Å². The van der Waals surface area contributed by atoms with Gasteiger partial charge in [0.2, 0.25) is 0 Å². The zero-order valence-corrected chi connectivity index (χ0v) is 17.8. The summed E-state index contributed by atoms with van der Waals surface area (Å²) in [5, 5.41) is 0. The Morgan fingerprint density at radius 2 is 1.90 bits per heavy atom. The number of carbonyl (C=O) groups excluding carboxylic acids is 1. The first kappa shape index (κ1) is 21.6. The highest BCUT2D eigenvalue weighted by atomic mass is 16.6. The maximum Gasteiger partial charge on any atom is 0.329 e. The van der Waals surface area contributed by atoms with Gasteiger partial charge in [-0.25, -0.2) is 4.79 Å². The summed E-state index contributed by atoms with van der Waals surface area (Å²) >= 11 is 0. The van der Waals surface area contributed by atoms with Gasteiger partial charge in [0.15, 0.2) is 0 Å². The lowest BCUT2D eigenvalue weighted by atomic mass is 10.2. The number of ether oxygens (including phenoxy) is 2. The van der Waals surface area contributed by atoms with Gasteiger partial charge in [-0.05, 0) is 24.5 Å². The fourth-order valence-electron chi connectivity index (χ4n) is 3.95. The third-order valence-electron chi connectivity index (χ3n) is 5.19. The number of hydrogen-bond donors (Lipinski definition) is 0. The Hall–Kier alpha value is -2.12. The van der Waals surface area contributed by atoms with Gasteiger partial charge in [0, 0.05) is 32.7 Å². The van der Waals surface area contributed by atoms with Crippen LogP contribution in [0.5, 0.6) is 0 Å². The van der Waals surface area contributed by atoms with Crippen LogP contribution in [0.4, 0.5) is 0 Å². The monoisotopic (exact) mass is 403 g/mol. The van der Waals surface area contributed by atoms with Crippen LogP contribution >= 0.6 is 0 Å². The molecular formula is C22H33N3O4. The summed E-state index contributed by atoms with van der Waals surface area (Å²) in [4.78, 5) is 27.4. The number of para-hydroxylation sites is 2. The van der Waals surface area contributed by atoms with Gasteiger partial charge in [-0.15, -0.1) is 0 Å². The largest absolute Gasteiger partial charge is 0.463 e.